The topological polar surface area (TPSA) is 102 Å². The number of anilines is 1. The van der Waals surface area contributed by atoms with Gasteiger partial charge in [0.15, 0.2) is 10.6 Å². The third-order valence-corrected chi connectivity index (χ3v) is 5.89. The van der Waals surface area contributed by atoms with Gasteiger partial charge >= 0.3 is 0 Å². The highest BCUT2D eigenvalue weighted by atomic mass is 32.1. The number of nitrogens with two attached hydrogens (primary N) is 1. The zero-order chi connectivity index (χ0) is 17.4. The predicted octanol–water partition coefficient (Wildman–Crippen LogP) is 1.72. The number of benzene rings is 1. The van der Waals surface area contributed by atoms with Crippen LogP contribution in [0.2, 0.25) is 0 Å². The summed E-state index contributed by atoms with van der Waals surface area (Å²) < 4.78 is 8.28. The third-order valence-electron chi connectivity index (χ3n) is 4.26. The number of hydrogen-bond acceptors (Lipinski definition) is 6. The van der Waals surface area contributed by atoms with E-state index < -0.39 is 6.10 Å². The number of H-pyrrole nitrogens is 1. The number of ether oxygens (including phenoxy) is 1. The molecular weight excluding hydrogens is 357 g/mol. The van der Waals surface area contributed by atoms with E-state index in [2.05, 4.69) is 27.1 Å². The molecule has 25 heavy (non-hydrogen) atoms. The van der Waals surface area contributed by atoms with Gasteiger partial charge in [0.2, 0.25) is 0 Å². The minimum absolute atomic E-state index is 0.205. The van der Waals surface area contributed by atoms with Crippen molar-refractivity contribution in [3.05, 3.63) is 41.3 Å². The molecule has 4 rings (SSSR count). The predicted molar refractivity (Wildman–Crippen MR) is 101 cm³/mol. The molecule has 0 bridgehead atoms. The molecule has 1 aromatic carbocycles. The minimum Gasteiger partial charge on any atom is -0.390 e. The van der Waals surface area contributed by atoms with Gasteiger partial charge in [-0.15, -0.1) is 0 Å². The van der Waals surface area contributed by atoms with Crippen LogP contribution < -0.4 is 11.0 Å². The summed E-state index contributed by atoms with van der Waals surface area (Å²) in [5.74, 6) is 0.236. The lowest BCUT2D eigenvalue weighted by Crippen LogP contribution is -2.23. The van der Waals surface area contributed by atoms with E-state index in [1.165, 1.54) is 5.30 Å². The normalized spacial score (nSPS) is 23.8. The molecule has 0 radical (unpaired) electrons. The lowest BCUT2D eigenvalue weighted by molar-refractivity contribution is -0.00395. The Morgan fingerprint density at radius 2 is 2.20 bits per heavy atom. The molecule has 130 valence electrons. The molecule has 3 aromatic rings. The highest BCUT2D eigenvalue weighted by molar-refractivity contribution is 7.71. The van der Waals surface area contributed by atoms with Crippen LogP contribution in [-0.4, -0.2) is 43.0 Å². The summed E-state index contributed by atoms with van der Waals surface area (Å²) in [6.07, 6.45) is 1.91. The second-order valence-corrected chi connectivity index (χ2v) is 7.68. The summed E-state index contributed by atoms with van der Waals surface area (Å²) in [5.41, 5.74) is 7.00. The second kappa shape index (κ2) is 6.80. The number of nitrogen functional groups attached to an aromatic ring is 1. The van der Waals surface area contributed by atoms with E-state index in [0.717, 1.165) is 6.16 Å². The molecule has 0 aliphatic carbocycles. The van der Waals surface area contributed by atoms with Crippen LogP contribution in [0.5, 0.6) is 0 Å². The first kappa shape index (κ1) is 16.6. The molecular formula is C16H18N5O2PS. The molecule has 1 aliphatic rings. The molecule has 1 unspecified atom stereocenters. The number of nitrogens with zero attached hydrogens (tertiary/aromatic N) is 3. The Kier molecular flexibility index (Phi) is 4.52. The zero-order valence-electron chi connectivity index (χ0n) is 13.3. The maximum Gasteiger partial charge on any atom is 0.200 e. The van der Waals surface area contributed by atoms with E-state index in [4.69, 9.17) is 22.7 Å². The van der Waals surface area contributed by atoms with E-state index in [9.17, 15) is 5.11 Å². The summed E-state index contributed by atoms with van der Waals surface area (Å²) in [5, 5.41) is 11.7. The molecule has 7 nitrogen and oxygen atoms in total. The highest BCUT2D eigenvalue weighted by Gasteiger charge is 2.35. The van der Waals surface area contributed by atoms with Crippen LogP contribution in [0.1, 0.15) is 12.6 Å². The van der Waals surface area contributed by atoms with Gasteiger partial charge in [0, 0.05) is 6.42 Å². The van der Waals surface area contributed by atoms with Crippen LogP contribution in [0.4, 0.5) is 5.95 Å². The smallest absolute Gasteiger partial charge is 0.200 e. The van der Waals surface area contributed by atoms with Crippen molar-refractivity contribution in [2.24, 2.45) is 0 Å². The number of aliphatic hydroxyl groups excluding tert-OH is 1. The van der Waals surface area contributed by atoms with Crippen molar-refractivity contribution in [2.75, 3.05) is 11.9 Å². The van der Waals surface area contributed by atoms with E-state index in [1.807, 2.05) is 22.8 Å². The molecule has 4 N–H and O–H groups in total. The molecule has 1 fully saturated rings. The van der Waals surface area contributed by atoms with Gasteiger partial charge in [0.05, 0.1) is 18.5 Å². The zero-order valence-corrected chi connectivity index (χ0v) is 15.1. The van der Waals surface area contributed by atoms with Gasteiger partial charge in [-0.2, -0.15) is 0 Å². The SMILES string of the molecule is Nc1nc(=S)c2ncn([C@H]3C[C@H](O)[C@H](CPc4ccccc4)O3)c2[nH]1. The van der Waals surface area contributed by atoms with Gasteiger partial charge in [-0.1, -0.05) is 51.1 Å². The number of fused-ring (bicyclic) bond motifs is 1. The lowest BCUT2D eigenvalue weighted by Gasteiger charge is -2.16. The van der Waals surface area contributed by atoms with Crippen LogP contribution >= 0.6 is 20.8 Å². The summed E-state index contributed by atoms with van der Waals surface area (Å²) in [6.45, 7) is 0. The molecule has 4 atom stereocenters. The molecule has 1 aliphatic heterocycles. The average Bonchev–Trinajstić information content (AvgIpc) is 3.17. The van der Waals surface area contributed by atoms with E-state index in [0.29, 0.717) is 30.8 Å². The van der Waals surface area contributed by atoms with Gasteiger partial charge in [-0.25, -0.2) is 9.97 Å². The number of hydrogen-bond donors (Lipinski definition) is 3. The fourth-order valence-corrected chi connectivity index (χ4v) is 4.50. The first-order valence-corrected chi connectivity index (χ1v) is 9.58. The van der Waals surface area contributed by atoms with Crippen molar-refractivity contribution in [1.29, 1.82) is 0 Å². The maximum atomic E-state index is 10.4. The third kappa shape index (κ3) is 3.30. The molecule has 3 heterocycles. The van der Waals surface area contributed by atoms with E-state index in [-0.39, 0.29) is 18.3 Å². The fourth-order valence-electron chi connectivity index (χ4n) is 3.02. The summed E-state index contributed by atoms with van der Waals surface area (Å²) >= 11 is 5.20. The van der Waals surface area contributed by atoms with Gasteiger partial charge in [-0.05, 0) is 11.5 Å². The van der Waals surface area contributed by atoms with E-state index in [1.54, 1.807) is 6.33 Å². The Balaban J connectivity index is 1.52. The maximum absolute atomic E-state index is 10.4. The largest absolute Gasteiger partial charge is 0.390 e. The molecule has 0 amide bonds. The van der Waals surface area contributed by atoms with Crippen molar-refractivity contribution in [2.45, 2.75) is 24.9 Å². The Morgan fingerprint density at radius 3 is 3.00 bits per heavy atom. The van der Waals surface area contributed by atoms with Crippen LogP contribution in [0.15, 0.2) is 36.7 Å². The molecule has 9 heteroatoms. The van der Waals surface area contributed by atoms with Gasteiger partial charge in [0.25, 0.3) is 0 Å². The van der Waals surface area contributed by atoms with Crippen LogP contribution in [0.3, 0.4) is 0 Å². The van der Waals surface area contributed by atoms with Gasteiger partial charge < -0.3 is 20.6 Å². The number of imidazole rings is 1. The lowest BCUT2D eigenvalue weighted by atomic mass is 10.2. The van der Waals surface area contributed by atoms with E-state index >= 15 is 0 Å². The van der Waals surface area contributed by atoms with Crippen molar-refractivity contribution in [3.63, 3.8) is 0 Å². The van der Waals surface area contributed by atoms with Crippen molar-refractivity contribution in [3.8, 4) is 0 Å². The first-order chi connectivity index (χ1) is 12.1. The summed E-state index contributed by atoms with van der Waals surface area (Å²) in [4.78, 5) is 11.3. The standard InChI is InChI=1S/C16H18N5O2PS/c17-16-19-14-13(15(25)20-16)18-8-21(14)12-6-10(22)11(23-12)7-24-9-4-2-1-3-5-9/h1-5,8,10-12,22,24H,6-7H2,(H3,17,19,20,25)/t10-,11-,12+/m0/s1. The summed E-state index contributed by atoms with van der Waals surface area (Å²) in [7, 11) is 0.592. The number of aromatic amines is 1. The van der Waals surface area contributed by atoms with Crippen LogP contribution in [-0.2, 0) is 4.74 Å². The monoisotopic (exact) mass is 375 g/mol. The molecule has 0 spiro atoms. The molecule has 2 aromatic heterocycles. The van der Waals surface area contributed by atoms with Crippen molar-refractivity contribution < 1.29 is 9.84 Å². The number of aromatic nitrogens is 4. The Hall–Kier alpha value is -1.86. The second-order valence-electron chi connectivity index (χ2n) is 5.96. The van der Waals surface area contributed by atoms with Crippen molar-refractivity contribution >= 4 is 43.2 Å². The number of rotatable bonds is 4. The Labute approximate surface area is 151 Å². The Bertz CT molecular complexity index is 945. The first-order valence-electron chi connectivity index (χ1n) is 7.96. The van der Waals surface area contributed by atoms with Gasteiger partial charge in [0.1, 0.15) is 17.4 Å². The van der Waals surface area contributed by atoms with Crippen LogP contribution in [0, 0.1) is 4.64 Å². The summed E-state index contributed by atoms with van der Waals surface area (Å²) in [6, 6.07) is 10.2. The molecule has 0 saturated carbocycles. The quantitative estimate of drug-likeness (QED) is 0.474. The van der Waals surface area contributed by atoms with Crippen molar-refractivity contribution in [1.82, 2.24) is 19.5 Å². The van der Waals surface area contributed by atoms with Crippen LogP contribution in [0.25, 0.3) is 11.2 Å². The minimum atomic E-state index is -0.513. The average molecular weight is 375 g/mol. The van der Waals surface area contributed by atoms with Gasteiger partial charge in [-0.3, -0.25) is 4.57 Å². The molecule has 1 saturated heterocycles. The number of nitrogens with one attached hydrogen (secondary N) is 1. The Morgan fingerprint density at radius 1 is 1.40 bits per heavy atom. The fraction of sp³-hybridized carbons (Fsp3) is 0.312. The number of aliphatic hydroxyl groups is 1. The highest BCUT2D eigenvalue weighted by Crippen LogP contribution is 2.33.